The Morgan fingerprint density at radius 2 is 1.55 bits per heavy atom. The molecular weight excluding hydrogens is 614 g/mol. The van der Waals surface area contributed by atoms with Gasteiger partial charge in [0.2, 0.25) is 0 Å². The average molecular weight is 653 g/mol. The molecule has 2 fully saturated rings. The number of carboxylic acids is 3. The number of halogens is 2. The molecule has 1 saturated carbocycles. The van der Waals surface area contributed by atoms with Crippen LogP contribution in [0.1, 0.15) is 78.5 Å². The van der Waals surface area contributed by atoms with E-state index in [1.807, 2.05) is 13.8 Å². The van der Waals surface area contributed by atoms with E-state index in [0.29, 0.717) is 42.9 Å². The van der Waals surface area contributed by atoms with Gasteiger partial charge in [-0.3, -0.25) is 9.69 Å². The first-order chi connectivity index (χ1) is 22.3. The van der Waals surface area contributed by atoms with Crippen LogP contribution in [0.5, 0.6) is 5.75 Å². The van der Waals surface area contributed by atoms with Gasteiger partial charge in [0.1, 0.15) is 5.82 Å². The Labute approximate surface area is 270 Å². The molecule has 2 aromatic carbocycles. The van der Waals surface area contributed by atoms with Crippen LogP contribution in [0.3, 0.4) is 0 Å². The first-order valence-corrected chi connectivity index (χ1v) is 15.4. The van der Waals surface area contributed by atoms with E-state index in [0.717, 1.165) is 36.8 Å². The van der Waals surface area contributed by atoms with E-state index in [1.165, 1.54) is 18.2 Å². The Bertz CT molecular complexity index is 1700. The molecule has 3 aromatic rings. The number of hydrogen-bond acceptors (Lipinski definition) is 6. The number of carbonyl (C=O) groups is 3. The third-order valence-electron chi connectivity index (χ3n) is 8.14. The number of piperidine rings is 1. The van der Waals surface area contributed by atoms with Crippen molar-refractivity contribution < 1.29 is 43.2 Å². The van der Waals surface area contributed by atoms with Gasteiger partial charge < -0.3 is 24.6 Å². The van der Waals surface area contributed by atoms with Crippen LogP contribution >= 0.6 is 0 Å². The van der Waals surface area contributed by atoms with Gasteiger partial charge in [-0.1, -0.05) is 12.1 Å². The highest BCUT2D eigenvalue weighted by Crippen LogP contribution is 2.48. The van der Waals surface area contributed by atoms with Crippen molar-refractivity contribution in [3.05, 3.63) is 99.0 Å². The minimum absolute atomic E-state index is 0.0266. The van der Waals surface area contributed by atoms with Crippen LogP contribution in [-0.4, -0.2) is 61.9 Å². The number of aromatic carboxylic acids is 1. The summed E-state index contributed by atoms with van der Waals surface area (Å²) in [6.07, 6.45) is 5.91. The van der Waals surface area contributed by atoms with Gasteiger partial charge in [0.05, 0.1) is 11.7 Å². The molecule has 1 aliphatic heterocycles. The number of rotatable bonds is 10. The summed E-state index contributed by atoms with van der Waals surface area (Å²) in [5.41, 5.74) is 2.89. The predicted molar refractivity (Wildman–Crippen MR) is 170 cm³/mol. The lowest BCUT2D eigenvalue weighted by Crippen LogP contribution is -2.38. The maximum Gasteiger partial charge on any atom is 0.336 e. The van der Waals surface area contributed by atoms with Gasteiger partial charge in [-0.15, -0.1) is 0 Å². The number of hydrogen-bond donors (Lipinski definition) is 3. The highest BCUT2D eigenvalue weighted by molar-refractivity contribution is 5.89. The lowest BCUT2D eigenvalue weighted by Gasteiger charge is -2.34. The molecule has 5 rings (SSSR count). The molecule has 2 aliphatic rings. The van der Waals surface area contributed by atoms with E-state index >= 15 is 4.39 Å². The van der Waals surface area contributed by atoms with Crippen LogP contribution in [-0.2, 0) is 16.1 Å². The molecule has 0 spiro atoms. The molecular formula is C35H38F2N2O8. The molecule has 0 amide bonds. The molecule has 0 bridgehead atoms. The van der Waals surface area contributed by atoms with Crippen LogP contribution in [0.4, 0.5) is 8.78 Å². The molecule has 1 saturated heterocycles. The van der Waals surface area contributed by atoms with Gasteiger partial charge >= 0.3 is 17.9 Å². The fraction of sp³-hybridized carbons (Fsp3) is 0.371. The van der Waals surface area contributed by atoms with Crippen LogP contribution < -0.4 is 10.3 Å². The molecule has 0 radical (unpaired) electrons. The Balaban J connectivity index is 0.000000555. The summed E-state index contributed by atoms with van der Waals surface area (Å²) in [5, 5.41) is 24.9. The number of likely N-dealkylation sites (tertiary alicyclic amines) is 1. The van der Waals surface area contributed by atoms with E-state index in [4.69, 9.17) is 14.9 Å². The molecule has 250 valence electrons. The molecule has 1 aliphatic carbocycles. The maximum absolute atomic E-state index is 16.2. The quantitative estimate of drug-likeness (QED) is 0.224. The minimum atomic E-state index is -1.26. The number of aromatic nitrogens is 1. The van der Waals surface area contributed by atoms with Crippen LogP contribution in [0.25, 0.3) is 11.1 Å². The molecule has 0 atom stereocenters. The third-order valence-corrected chi connectivity index (χ3v) is 8.14. The highest BCUT2D eigenvalue weighted by atomic mass is 19.1. The van der Waals surface area contributed by atoms with Crippen LogP contribution in [0, 0.1) is 18.6 Å². The topological polar surface area (TPSA) is 146 Å². The van der Waals surface area contributed by atoms with E-state index in [1.54, 1.807) is 29.8 Å². The molecule has 47 heavy (non-hydrogen) atoms. The van der Waals surface area contributed by atoms with Gasteiger partial charge in [-0.2, -0.15) is 0 Å². The average Bonchev–Trinajstić information content (AvgIpc) is 3.86. The largest absolute Gasteiger partial charge is 0.488 e. The second-order valence-corrected chi connectivity index (χ2v) is 12.0. The Morgan fingerprint density at radius 3 is 2.06 bits per heavy atom. The maximum atomic E-state index is 16.2. The van der Waals surface area contributed by atoms with E-state index < -0.39 is 23.7 Å². The lowest BCUT2D eigenvalue weighted by atomic mass is 9.92. The highest BCUT2D eigenvalue weighted by Gasteiger charge is 2.32. The molecule has 3 N–H and O–H groups in total. The number of carboxylic acid groups (broad SMARTS) is 3. The number of pyridine rings is 1. The molecule has 10 nitrogen and oxygen atoms in total. The normalized spacial score (nSPS) is 15.4. The zero-order valence-corrected chi connectivity index (χ0v) is 26.4. The smallest absolute Gasteiger partial charge is 0.336 e. The van der Waals surface area contributed by atoms with Gasteiger partial charge in [-0.05, 0) is 87.8 Å². The van der Waals surface area contributed by atoms with Crippen molar-refractivity contribution >= 4 is 17.9 Å². The Kier molecular flexibility index (Phi) is 11.3. The second kappa shape index (κ2) is 15.2. The zero-order chi connectivity index (χ0) is 34.4. The number of nitrogens with zero attached hydrogens (tertiary/aromatic N) is 2. The lowest BCUT2D eigenvalue weighted by molar-refractivity contribution is -0.134. The van der Waals surface area contributed by atoms with E-state index in [9.17, 15) is 28.7 Å². The van der Waals surface area contributed by atoms with Crippen molar-refractivity contribution in [2.45, 2.75) is 71.1 Å². The van der Waals surface area contributed by atoms with Crippen molar-refractivity contribution in [3.8, 4) is 16.9 Å². The van der Waals surface area contributed by atoms with Crippen molar-refractivity contribution in [3.63, 3.8) is 0 Å². The standard InChI is InChI=1S/C31H34F2N2O4.C4H4O4/c1-18(2)39-29-22(16-26(20-4-5-20)27(28(29)33)21-6-8-23(32)9-7-21)17-34-13-10-24(11-14-34)35-15-12-25(31(37)38)19(3)30(35)36;5-3(6)1-2-4(7)8/h6-9,12,15-16,18,20,24H,4-5,10-11,13-14,17H2,1-3H3,(H,37,38);1-2H,(H,5,6)(H,7,8)/b;2-1-. The van der Waals surface area contributed by atoms with Gasteiger partial charge in [0.15, 0.2) is 11.6 Å². The first-order valence-electron chi connectivity index (χ1n) is 15.4. The summed E-state index contributed by atoms with van der Waals surface area (Å²) in [6.45, 7) is 7.22. The van der Waals surface area contributed by atoms with Crippen molar-refractivity contribution in [2.24, 2.45) is 0 Å². The molecule has 12 heteroatoms. The second-order valence-electron chi connectivity index (χ2n) is 12.0. The van der Waals surface area contributed by atoms with E-state index in [2.05, 4.69) is 11.0 Å². The Morgan fingerprint density at radius 1 is 0.957 bits per heavy atom. The predicted octanol–water partition coefficient (Wildman–Crippen LogP) is 6.01. The monoisotopic (exact) mass is 652 g/mol. The van der Waals surface area contributed by atoms with Gasteiger partial charge in [0, 0.05) is 60.7 Å². The van der Waals surface area contributed by atoms with Crippen LogP contribution in [0.15, 0.2) is 59.5 Å². The molecule has 2 heterocycles. The van der Waals surface area contributed by atoms with Crippen molar-refractivity contribution in [2.75, 3.05) is 13.1 Å². The minimum Gasteiger partial charge on any atom is -0.488 e. The first kappa shape index (κ1) is 35.0. The number of aliphatic carboxylic acids is 2. The van der Waals surface area contributed by atoms with Gasteiger partial charge in [-0.25, -0.2) is 23.2 Å². The van der Waals surface area contributed by atoms with E-state index in [-0.39, 0.29) is 46.3 Å². The summed E-state index contributed by atoms with van der Waals surface area (Å²) in [4.78, 5) is 45.6. The fourth-order valence-corrected chi connectivity index (χ4v) is 5.73. The van der Waals surface area contributed by atoms with Crippen molar-refractivity contribution in [1.82, 2.24) is 9.47 Å². The summed E-state index contributed by atoms with van der Waals surface area (Å²) >= 11 is 0. The third kappa shape index (κ3) is 8.91. The van der Waals surface area contributed by atoms with Gasteiger partial charge in [0.25, 0.3) is 5.56 Å². The SMILES string of the molecule is Cc1c(C(=O)O)ccn(C2CCN(Cc3cc(C4CC4)c(-c4ccc(F)cc4)c(F)c3OC(C)C)CC2)c1=O.O=C(O)/C=C\C(=O)O. The fourth-order valence-electron chi connectivity index (χ4n) is 5.73. The zero-order valence-electron chi connectivity index (χ0n) is 26.4. The molecule has 1 aromatic heterocycles. The summed E-state index contributed by atoms with van der Waals surface area (Å²) in [5.74, 6) is -3.85. The molecule has 0 unspecified atom stereocenters. The summed E-state index contributed by atoms with van der Waals surface area (Å²) in [7, 11) is 0. The Hall–Kier alpha value is -4.84. The number of benzene rings is 2. The van der Waals surface area contributed by atoms with Crippen LogP contribution in [0.2, 0.25) is 0 Å². The summed E-state index contributed by atoms with van der Waals surface area (Å²) < 4.78 is 37.5. The number of ether oxygens (including phenoxy) is 1. The van der Waals surface area contributed by atoms with Crippen molar-refractivity contribution in [1.29, 1.82) is 0 Å². The summed E-state index contributed by atoms with van der Waals surface area (Å²) in [6, 6.07) is 9.49.